The smallest absolute Gasteiger partial charge is 0.404 e. The molecule has 94 valence electrons. The third-order valence-corrected chi connectivity index (χ3v) is 2.63. The number of hydrogen-bond acceptors (Lipinski definition) is 2. The van der Waals surface area contributed by atoms with Gasteiger partial charge in [0, 0.05) is 12.6 Å². The summed E-state index contributed by atoms with van der Waals surface area (Å²) in [6.07, 6.45) is 0.867. The number of hydrogen-bond donors (Lipinski definition) is 3. The maximum Gasteiger partial charge on any atom is 0.404 e. The molecule has 0 heterocycles. The van der Waals surface area contributed by atoms with Gasteiger partial charge in [0.05, 0.1) is 0 Å². The SMILES string of the molecule is CC[C@@H](NCCCNC(=O)O)c1ccccc1. The monoisotopic (exact) mass is 236 g/mol. The fraction of sp³-hybridized carbons (Fsp3) is 0.462. The van der Waals surface area contributed by atoms with Crippen molar-refractivity contribution in [3.05, 3.63) is 35.9 Å². The van der Waals surface area contributed by atoms with Crippen molar-refractivity contribution in [3.63, 3.8) is 0 Å². The molecule has 1 aromatic carbocycles. The van der Waals surface area contributed by atoms with Gasteiger partial charge in [0.15, 0.2) is 0 Å². The van der Waals surface area contributed by atoms with E-state index in [2.05, 4.69) is 29.7 Å². The van der Waals surface area contributed by atoms with Crippen LogP contribution in [0.1, 0.15) is 31.4 Å². The highest BCUT2D eigenvalue weighted by atomic mass is 16.4. The van der Waals surface area contributed by atoms with Crippen LogP contribution >= 0.6 is 0 Å². The number of benzene rings is 1. The average molecular weight is 236 g/mol. The molecule has 0 fully saturated rings. The number of carbonyl (C=O) groups is 1. The van der Waals surface area contributed by atoms with Crippen LogP contribution in [0.2, 0.25) is 0 Å². The highest BCUT2D eigenvalue weighted by Gasteiger charge is 2.06. The zero-order valence-electron chi connectivity index (χ0n) is 10.1. The molecule has 4 heteroatoms. The highest BCUT2D eigenvalue weighted by Crippen LogP contribution is 2.15. The lowest BCUT2D eigenvalue weighted by molar-refractivity contribution is 0.194. The van der Waals surface area contributed by atoms with Gasteiger partial charge in [-0.1, -0.05) is 37.3 Å². The van der Waals surface area contributed by atoms with Gasteiger partial charge in [-0.3, -0.25) is 0 Å². The predicted octanol–water partition coefficient (Wildman–Crippen LogP) is 2.39. The van der Waals surface area contributed by atoms with E-state index in [1.807, 2.05) is 18.2 Å². The number of amides is 1. The van der Waals surface area contributed by atoms with E-state index in [-0.39, 0.29) is 0 Å². The van der Waals surface area contributed by atoms with Crippen LogP contribution < -0.4 is 10.6 Å². The molecule has 0 aliphatic carbocycles. The van der Waals surface area contributed by atoms with Crippen LogP contribution in [0.4, 0.5) is 4.79 Å². The Bertz CT molecular complexity index is 327. The molecule has 1 atom stereocenters. The van der Waals surface area contributed by atoms with E-state index in [4.69, 9.17) is 5.11 Å². The maximum atomic E-state index is 10.2. The number of rotatable bonds is 7. The Balaban J connectivity index is 2.26. The third kappa shape index (κ3) is 5.36. The molecule has 0 aliphatic heterocycles. The van der Waals surface area contributed by atoms with Crippen molar-refractivity contribution in [2.45, 2.75) is 25.8 Å². The van der Waals surface area contributed by atoms with Crippen molar-refractivity contribution in [1.82, 2.24) is 10.6 Å². The normalized spacial score (nSPS) is 12.1. The molecule has 3 N–H and O–H groups in total. The first-order chi connectivity index (χ1) is 8.24. The molecule has 0 aromatic heterocycles. The molecular formula is C13H20N2O2. The first kappa shape index (κ1) is 13.5. The zero-order chi connectivity index (χ0) is 12.5. The lowest BCUT2D eigenvalue weighted by Crippen LogP contribution is -2.27. The number of carboxylic acid groups (broad SMARTS) is 1. The lowest BCUT2D eigenvalue weighted by Gasteiger charge is -2.17. The molecule has 1 aromatic rings. The summed E-state index contributed by atoms with van der Waals surface area (Å²) >= 11 is 0. The first-order valence-electron chi connectivity index (χ1n) is 5.99. The van der Waals surface area contributed by atoms with E-state index in [1.54, 1.807) is 0 Å². The molecule has 0 saturated heterocycles. The van der Waals surface area contributed by atoms with Gasteiger partial charge in [-0.05, 0) is 24.9 Å². The molecule has 1 rings (SSSR count). The highest BCUT2D eigenvalue weighted by molar-refractivity contribution is 5.64. The fourth-order valence-corrected chi connectivity index (χ4v) is 1.74. The molecule has 0 unspecified atom stereocenters. The minimum absolute atomic E-state index is 0.348. The van der Waals surface area contributed by atoms with E-state index in [1.165, 1.54) is 5.56 Å². The minimum Gasteiger partial charge on any atom is -0.465 e. The van der Waals surface area contributed by atoms with Crippen LogP contribution in [0, 0.1) is 0 Å². The summed E-state index contributed by atoms with van der Waals surface area (Å²) in [6, 6.07) is 10.6. The minimum atomic E-state index is -0.958. The van der Waals surface area contributed by atoms with Gasteiger partial charge in [-0.25, -0.2) is 4.79 Å². The number of nitrogens with one attached hydrogen (secondary N) is 2. The van der Waals surface area contributed by atoms with Crippen molar-refractivity contribution in [1.29, 1.82) is 0 Å². The molecule has 0 radical (unpaired) electrons. The van der Waals surface area contributed by atoms with Gasteiger partial charge in [-0.2, -0.15) is 0 Å². The van der Waals surface area contributed by atoms with Crippen LogP contribution in [0.3, 0.4) is 0 Å². The summed E-state index contributed by atoms with van der Waals surface area (Å²) in [5.41, 5.74) is 1.28. The van der Waals surface area contributed by atoms with Crippen LogP contribution in [0.5, 0.6) is 0 Å². The summed E-state index contributed by atoms with van der Waals surface area (Å²) in [5.74, 6) is 0. The summed E-state index contributed by atoms with van der Waals surface area (Å²) in [7, 11) is 0. The molecule has 1 amide bonds. The van der Waals surface area contributed by atoms with Crippen LogP contribution in [-0.2, 0) is 0 Å². The van der Waals surface area contributed by atoms with E-state index in [9.17, 15) is 4.79 Å². The second-order valence-electron chi connectivity index (χ2n) is 3.91. The fourth-order valence-electron chi connectivity index (χ4n) is 1.74. The Morgan fingerprint density at radius 2 is 2.00 bits per heavy atom. The second kappa shape index (κ2) is 7.68. The van der Waals surface area contributed by atoms with Gasteiger partial charge in [0.1, 0.15) is 0 Å². The second-order valence-corrected chi connectivity index (χ2v) is 3.91. The van der Waals surface area contributed by atoms with Crippen molar-refractivity contribution in [2.75, 3.05) is 13.1 Å². The van der Waals surface area contributed by atoms with E-state index in [0.29, 0.717) is 12.6 Å². The zero-order valence-corrected chi connectivity index (χ0v) is 10.1. The Morgan fingerprint density at radius 1 is 1.29 bits per heavy atom. The molecule has 0 spiro atoms. The van der Waals surface area contributed by atoms with Crippen molar-refractivity contribution in [2.24, 2.45) is 0 Å². The van der Waals surface area contributed by atoms with Crippen LogP contribution in [0.15, 0.2) is 30.3 Å². The largest absolute Gasteiger partial charge is 0.465 e. The van der Waals surface area contributed by atoms with Crippen LogP contribution in [0.25, 0.3) is 0 Å². The molecule has 4 nitrogen and oxygen atoms in total. The van der Waals surface area contributed by atoms with E-state index >= 15 is 0 Å². The molecule has 0 aliphatic rings. The van der Waals surface area contributed by atoms with Gasteiger partial charge in [0.2, 0.25) is 0 Å². The quantitative estimate of drug-likeness (QED) is 0.637. The summed E-state index contributed by atoms with van der Waals surface area (Å²) in [6.45, 7) is 3.45. The van der Waals surface area contributed by atoms with E-state index in [0.717, 1.165) is 19.4 Å². The lowest BCUT2D eigenvalue weighted by atomic mass is 10.0. The first-order valence-corrected chi connectivity index (χ1v) is 5.99. The molecule has 0 saturated carbocycles. The van der Waals surface area contributed by atoms with Crippen molar-refractivity contribution < 1.29 is 9.90 Å². The van der Waals surface area contributed by atoms with Gasteiger partial charge in [-0.15, -0.1) is 0 Å². The molecule has 17 heavy (non-hydrogen) atoms. The van der Waals surface area contributed by atoms with Gasteiger partial charge >= 0.3 is 6.09 Å². The Hall–Kier alpha value is -1.55. The Morgan fingerprint density at radius 3 is 2.59 bits per heavy atom. The van der Waals surface area contributed by atoms with Gasteiger partial charge in [0.25, 0.3) is 0 Å². The maximum absolute atomic E-state index is 10.2. The molecular weight excluding hydrogens is 216 g/mol. The van der Waals surface area contributed by atoms with Crippen molar-refractivity contribution in [3.8, 4) is 0 Å². The summed E-state index contributed by atoms with van der Waals surface area (Å²) < 4.78 is 0. The average Bonchev–Trinajstić information content (AvgIpc) is 2.34. The summed E-state index contributed by atoms with van der Waals surface area (Å²) in [4.78, 5) is 10.2. The van der Waals surface area contributed by atoms with Crippen LogP contribution in [-0.4, -0.2) is 24.3 Å². The van der Waals surface area contributed by atoms with E-state index < -0.39 is 6.09 Å². The molecule has 0 bridgehead atoms. The Labute approximate surface area is 102 Å². The summed E-state index contributed by atoms with van der Waals surface area (Å²) in [5, 5.41) is 14.2. The Kier molecular flexibility index (Phi) is 6.10. The third-order valence-electron chi connectivity index (χ3n) is 2.63. The topological polar surface area (TPSA) is 61.4 Å². The standard InChI is InChI=1S/C13H20N2O2/c1-2-12(11-7-4-3-5-8-11)14-9-6-10-15-13(16)17/h3-5,7-8,12,14-15H,2,6,9-10H2,1H3,(H,16,17)/t12-/m1/s1. The predicted molar refractivity (Wildman–Crippen MR) is 68.1 cm³/mol. The van der Waals surface area contributed by atoms with Crippen molar-refractivity contribution >= 4 is 6.09 Å². The van der Waals surface area contributed by atoms with Gasteiger partial charge < -0.3 is 15.7 Å².